The molecule has 0 saturated heterocycles. The van der Waals surface area contributed by atoms with Crippen molar-refractivity contribution < 1.29 is 4.79 Å². The molecule has 2 saturated carbocycles. The molecular formula is C17H22ClNOS. The molecule has 2 aliphatic rings. The van der Waals surface area contributed by atoms with Crippen molar-refractivity contribution in [3.63, 3.8) is 0 Å². The van der Waals surface area contributed by atoms with Crippen LogP contribution in [0.2, 0.25) is 5.02 Å². The summed E-state index contributed by atoms with van der Waals surface area (Å²) < 4.78 is 0. The molecule has 0 heterocycles. The summed E-state index contributed by atoms with van der Waals surface area (Å²) in [7, 11) is 0. The Bertz CT molecular complexity index is 504. The number of thioether (sulfide) groups is 1. The van der Waals surface area contributed by atoms with Crippen LogP contribution in [0.15, 0.2) is 29.2 Å². The highest BCUT2D eigenvalue weighted by atomic mass is 35.5. The van der Waals surface area contributed by atoms with E-state index in [2.05, 4.69) is 12.2 Å². The Kier molecular flexibility index (Phi) is 4.80. The van der Waals surface area contributed by atoms with E-state index in [1.165, 1.54) is 25.7 Å². The maximum Gasteiger partial charge on any atom is 0.233 e. The summed E-state index contributed by atoms with van der Waals surface area (Å²) >= 11 is 7.54. The van der Waals surface area contributed by atoms with Crippen LogP contribution in [0.1, 0.15) is 39.0 Å². The number of rotatable bonds is 5. The number of halogens is 1. The molecule has 4 atom stereocenters. The summed E-state index contributed by atoms with van der Waals surface area (Å²) in [6.07, 6.45) is 6.04. The molecule has 4 heteroatoms. The van der Waals surface area contributed by atoms with Crippen molar-refractivity contribution in [2.24, 2.45) is 11.8 Å². The highest BCUT2D eigenvalue weighted by molar-refractivity contribution is 8.00. The number of benzene rings is 1. The molecule has 0 aliphatic heterocycles. The Hall–Kier alpha value is -0.670. The lowest BCUT2D eigenvalue weighted by atomic mass is 9.95. The third kappa shape index (κ3) is 3.57. The largest absolute Gasteiger partial charge is 0.352 e. The van der Waals surface area contributed by atoms with Crippen LogP contribution in [0.5, 0.6) is 0 Å². The number of carbonyl (C=O) groups excluding carboxylic acids is 1. The van der Waals surface area contributed by atoms with Gasteiger partial charge >= 0.3 is 0 Å². The van der Waals surface area contributed by atoms with Crippen LogP contribution in [-0.2, 0) is 4.79 Å². The number of fused-ring (bicyclic) bond motifs is 2. The number of hydrogen-bond donors (Lipinski definition) is 1. The lowest BCUT2D eigenvalue weighted by Gasteiger charge is -2.25. The summed E-state index contributed by atoms with van der Waals surface area (Å²) in [5, 5.41) is 4.03. The van der Waals surface area contributed by atoms with Gasteiger partial charge in [0.25, 0.3) is 0 Å². The van der Waals surface area contributed by atoms with E-state index in [0.717, 1.165) is 28.2 Å². The van der Waals surface area contributed by atoms with Crippen molar-refractivity contribution in [2.45, 2.75) is 55.2 Å². The van der Waals surface area contributed by atoms with Gasteiger partial charge in [0.05, 0.1) is 5.25 Å². The second-order valence-electron chi connectivity index (χ2n) is 6.26. The highest BCUT2D eigenvalue weighted by Gasteiger charge is 2.40. The molecule has 2 nitrogen and oxygen atoms in total. The van der Waals surface area contributed by atoms with Crippen molar-refractivity contribution in [1.82, 2.24) is 5.32 Å². The Balaban J connectivity index is 1.57. The first kappa shape index (κ1) is 15.2. The Morgan fingerprint density at radius 2 is 2.10 bits per heavy atom. The zero-order valence-corrected chi connectivity index (χ0v) is 13.9. The Morgan fingerprint density at radius 1 is 1.33 bits per heavy atom. The smallest absolute Gasteiger partial charge is 0.233 e. The summed E-state index contributed by atoms with van der Waals surface area (Å²) in [6.45, 7) is 2.08. The maximum atomic E-state index is 12.5. The zero-order chi connectivity index (χ0) is 14.8. The van der Waals surface area contributed by atoms with Crippen molar-refractivity contribution in [2.75, 3.05) is 0 Å². The predicted octanol–water partition coefficient (Wildman–Crippen LogP) is 4.52. The van der Waals surface area contributed by atoms with Gasteiger partial charge in [-0.2, -0.15) is 0 Å². The Labute approximate surface area is 136 Å². The van der Waals surface area contributed by atoms with E-state index in [-0.39, 0.29) is 11.2 Å². The summed E-state index contributed by atoms with van der Waals surface area (Å²) in [5.41, 5.74) is 0. The highest BCUT2D eigenvalue weighted by Crippen LogP contribution is 2.44. The molecule has 21 heavy (non-hydrogen) atoms. The molecule has 3 rings (SSSR count). The van der Waals surface area contributed by atoms with Crippen LogP contribution in [0.4, 0.5) is 0 Å². The first-order valence-electron chi connectivity index (χ1n) is 7.88. The van der Waals surface area contributed by atoms with E-state index in [9.17, 15) is 4.79 Å². The monoisotopic (exact) mass is 323 g/mol. The fourth-order valence-corrected chi connectivity index (χ4v) is 4.79. The van der Waals surface area contributed by atoms with Gasteiger partial charge in [0.15, 0.2) is 0 Å². The number of carbonyl (C=O) groups is 1. The van der Waals surface area contributed by atoms with E-state index in [4.69, 9.17) is 11.6 Å². The van der Waals surface area contributed by atoms with Crippen LogP contribution >= 0.6 is 23.4 Å². The topological polar surface area (TPSA) is 29.1 Å². The fourth-order valence-electron chi connectivity index (χ4n) is 3.70. The molecule has 114 valence electrons. The minimum Gasteiger partial charge on any atom is -0.352 e. The van der Waals surface area contributed by atoms with Gasteiger partial charge in [-0.15, -0.1) is 11.8 Å². The SMILES string of the molecule is CC[C@H](Sc1ccc(Cl)cc1)C(=O)N[C@H]1C[C@H]2CC[C@H]1C2. The van der Waals surface area contributed by atoms with Gasteiger partial charge in [-0.25, -0.2) is 0 Å². The van der Waals surface area contributed by atoms with Gasteiger partial charge in [-0.05, 0) is 61.8 Å². The first-order valence-corrected chi connectivity index (χ1v) is 9.14. The predicted molar refractivity (Wildman–Crippen MR) is 88.8 cm³/mol. The van der Waals surface area contributed by atoms with Crippen LogP contribution in [0, 0.1) is 11.8 Å². The van der Waals surface area contributed by atoms with Crippen LogP contribution in [0.25, 0.3) is 0 Å². The molecule has 2 bridgehead atoms. The Morgan fingerprint density at radius 3 is 2.67 bits per heavy atom. The normalized spacial score (nSPS) is 28.6. The number of amides is 1. The van der Waals surface area contributed by atoms with E-state index in [1.54, 1.807) is 11.8 Å². The summed E-state index contributed by atoms with van der Waals surface area (Å²) in [4.78, 5) is 13.6. The zero-order valence-electron chi connectivity index (χ0n) is 12.3. The maximum absolute atomic E-state index is 12.5. The molecule has 2 aliphatic carbocycles. The van der Waals surface area contributed by atoms with Gasteiger partial charge in [-0.3, -0.25) is 4.79 Å². The number of nitrogens with one attached hydrogen (secondary N) is 1. The van der Waals surface area contributed by atoms with Crippen molar-refractivity contribution in [3.05, 3.63) is 29.3 Å². The summed E-state index contributed by atoms with van der Waals surface area (Å²) in [6, 6.07) is 8.16. The quantitative estimate of drug-likeness (QED) is 0.807. The fraction of sp³-hybridized carbons (Fsp3) is 0.588. The number of hydrogen-bond acceptors (Lipinski definition) is 2. The van der Waals surface area contributed by atoms with E-state index in [1.807, 2.05) is 24.3 Å². The average molecular weight is 324 g/mol. The first-order chi connectivity index (χ1) is 10.2. The van der Waals surface area contributed by atoms with Crippen molar-refractivity contribution in [1.29, 1.82) is 0 Å². The third-order valence-corrected chi connectivity index (χ3v) is 6.45. The third-order valence-electron chi connectivity index (χ3n) is 4.82. The lowest BCUT2D eigenvalue weighted by molar-refractivity contribution is -0.121. The second kappa shape index (κ2) is 6.62. The molecule has 2 fully saturated rings. The average Bonchev–Trinajstić information content (AvgIpc) is 3.09. The standard InChI is InChI=1S/C17H22ClNOS/c1-2-16(21-14-7-5-13(18)6-8-14)17(20)19-15-10-11-3-4-12(15)9-11/h5-8,11-12,15-16H,2-4,9-10H2,1H3,(H,19,20)/t11-,12-,15-,16-/m0/s1. The molecule has 1 aromatic carbocycles. The molecule has 1 amide bonds. The lowest BCUT2D eigenvalue weighted by Crippen LogP contribution is -2.42. The molecule has 0 radical (unpaired) electrons. The van der Waals surface area contributed by atoms with Crippen molar-refractivity contribution >= 4 is 29.3 Å². The molecular weight excluding hydrogens is 302 g/mol. The molecule has 1 N–H and O–H groups in total. The van der Waals surface area contributed by atoms with Gasteiger partial charge in [0, 0.05) is 16.0 Å². The van der Waals surface area contributed by atoms with Gasteiger partial charge < -0.3 is 5.32 Å². The second-order valence-corrected chi connectivity index (χ2v) is 7.97. The molecule has 0 aromatic heterocycles. The van der Waals surface area contributed by atoms with Gasteiger partial charge in [-0.1, -0.05) is 24.9 Å². The van der Waals surface area contributed by atoms with Crippen molar-refractivity contribution in [3.8, 4) is 0 Å². The molecule has 1 aromatic rings. The van der Waals surface area contributed by atoms with Crippen LogP contribution < -0.4 is 5.32 Å². The minimum atomic E-state index is -0.00898. The molecule has 0 unspecified atom stereocenters. The van der Waals surface area contributed by atoms with E-state index >= 15 is 0 Å². The van der Waals surface area contributed by atoms with E-state index in [0.29, 0.717) is 6.04 Å². The summed E-state index contributed by atoms with van der Waals surface area (Å²) in [5.74, 6) is 1.80. The van der Waals surface area contributed by atoms with E-state index < -0.39 is 0 Å². The van der Waals surface area contributed by atoms with Gasteiger partial charge in [0.2, 0.25) is 5.91 Å². The molecule has 0 spiro atoms. The van der Waals surface area contributed by atoms with Crippen LogP contribution in [-0.4, -0.2) is 17.2 Å². The van der Waals surface area contributed by atoms with Gasteiger partial charge in [0.1, 0.15) is 0 Å². The minimum absolute atomic E-state index is 0.00898. The van der Waals surface area contributed by atoms with Crippen LogP contribution in [0.3, 0.4) is 0 Å².